The van der Waals surface area contributed by atoms with Gasteiger partial charge in [-0.2, -0.15) is 4.98 Å². The fraction of sp³-hybridized carbons (Fsp3) is 0.154. The summed E-state index contributed by atoms with van der Waals surface area (Å²) >= 11 is 0. The lowest BCUT2D eigenvalue weighted by Gasteiger charge is -2.08. The maximum Gasteiger partial charge on any atom is 0.311 e. The summed E-state index contributed by atoms with van der Waals surface area (Å²) in [6, 6.07) is 9.47. The number of hydrogen-bond acceptors (Lipinski definition) is 6. The summed E-state index contributed by atoms with van der Waals surface area (Å²) in [6.07, 6.45) is 0. The van der Waals surface area contributed by atoms with Crippen molar-refractivity contribution in [3.05, 3.63) is 52.1 Å². The van der Waals surface area contributed by atoms with Gasteiger partial charge in [-0.25, -0.2) is 0 Å². The maximum absolute atomic E-state index is 10.9. The molecule has 0 aliphatic carbocycles. The van der Waals surface area contributed by atoms with Gasteiger partial charge in [0, 0.05) is 24.2 Å². The summed E-state index contributed by atoms with van der Waals surface area (Å²) in [5.74, 6) is 0.485. The van der Waals surface area contributed by atoms with E-state index in [1.54, 1.807) is 24.3 Å². The lowest BCUT2D eigenvalue weighted by Crippen LogP contribution is -2.05. The fourth-order valence-electron chi connectivity index (χ4n) is 1.66. The van der Waals surface area contributed by atoms with Gasteiger partial charge in [-0.3, -0.25) is 10.1 Å². The number of para-hydroxylation sites is 1. The molecule has 2 aromatic rings. The normalized spacial score (nSPS) is 10.1. The van der Waals surface area contributed by atoms with Crippen LogP contribution in [0.25, 0.3) is 0 Å². The largest absolute Gasteiger partial charge is 0.508 e. The standard InChI is InChI=1S/C13H13N3O4/c1-20-12-7-6-10(16(18)19)13(15-12)14-8-9-4-2-3-5-11(9)17/h2-7,17H,8H2,1H3,(H,14,15). The average molecular weight is 275 g/mol. The number of pyridine rings is 1. The van der Waals surface area contributed by atoms with E-state index in [0.29, 0.717) is 5.56 Å². The highest BCUT2D eigenvalue weighted by molar-refractivity contribution is 5.57. The minimum absolute atomic E-state index is 0.0950. The first-order chi connectivity index (χ1) is 9.61. The number of phenolic OH excluding ortho intramolecular Hbond substituents is 1. The molecule has 104 valence electrons. The van der Waals surface area contributed by atoms with Crippen LogP contribution in [0.4, 0.5) is 11.5 Å². The van der Waals surface area contributed by atoms with Crippen LogP contribution in [-0.2, 0) is 6.54 Å². The molecule has 0 spiro atoms. The van der Waals surface area contributed by atoms with E-state index in [9.17, 15) is 15.2 Å². The smallest absolute Gasteiger partial charge is 0.311 e. The summed E-state index contributed by atoms with van der Waals surface area (Å²) in [5, 5.41) is 23.4. The Kier molecular flexibility index (Phi) is 3.99. The van der Waals surface area contributed by atoms with Crippen molar-refractivity contribution in [1.82, 2.24) is 4.98 Å². The number of methoxy groups -OCH3 is 1. The molecule has 1 aromatic carbocycles. The van der Waals surface area contributed by atoms with Crippen LogP contribution >= 0.6 is 0 Å². The van der Waals surface area contributed by atoms with Gasteiger partial charge in [0.25, 0.3) is 0 Å². The Morgan fingerprint density at radius 1 is 1.35 bits per heavy atom. The maximum atomic E-state index is 10.9. The quantitative estimate of drug-likeness (QED) is 0.642. The summed E-state index contributed by atoms with van der Waals surface area (Å²) in [5.41, 5.74) is 0.465. The van der Waals surface area contributed by atoms with Gasteiger partial charge in [0.1, 0.15) is 5.75 Å². The van der Waals surface area contributed by atoms with Crippen molar-refractivity contribution < 1.29 is 14.8 Å². The van der Waals surface area contributed by atoms with Crippen molar-refractivity contribution in [1.29, 1.82) is 0 Å². The van der Waals surface area contributed by atoms with Gasteiger partial charge in [-0.1, -0.05) is 18.2 Å². The number of hydrogen-bond donors (Lipinski definition) is 2. The van der Waals surface area contributed by atoms with Crippen LogP contribution < -0.4 is 10.1 Å². The van der Waals surface area contributed by atoms with Gasteiger partial charge in [0.2, 0.25) is 11.7 Å². The summed E-state index contributed by atoms with van der Waals surface area (Å²) in [4.78, 5) is 14.4. The number of nitrogens with one attached hydrogen (secondary N) is 1. The number of phenols is 1. The van der Waals surface area contributed by atoms with Gasteiger partial charge in [0.05, 0.1) is 12.0 Å². The number of nitro groups is 1. The Morgan fingerprint density at radius 2 is 2.10 bits per heavy atom. The summed E-state index contributed by atoms with van der Waals surface area (Å²) < 4.78 is 4.94. The Hall–Kier alpha value is -2.83. The van der Waals surface area contributed by atoms with Crippen LogP contribution in [0, 0.1) is 10.1 Å². The predicted octanol–water partition coefficient (Wildman–Crippen LogP) is 2.32. The second-order valence-electron chi connectivity index (χ2n) is 3.96. The second kappa shape index (κ2) is 5.87. The van der Waals surface area contributed by atoms with Crippen LogP contribution in [0.5, 0.6) is 11.6 Å². The Labute approximate surface area is 115 Å². The molecule has 2 N–H and O–H groups in total. The number of aromatic nitrogens is 1. The average Bonchev–Trinajstić information content (AvgIpc) is 2.46. The minimum Gasteiger partial charge on any atom is -0.508 e. The molecule has 0 saturated heterocycles. The second-order valence-corrected chi connectivity index (χ2v) is 3.96. The molecule has 0 saturated carbocycles. The van der Waals surface area contributed by atoms with Crippen LogP contribution in [0.2, 0.25) is 0 Å². The highest BCUT2D eigenvalue weighted by Crippen LogP contribution is 2.26. The SMILES string of the molecule is COc1ccc([N+](=O)[O-])c(NCc2ccccc2O)n1. The number of aromatic hydroxyl groups is 1. The zero-order valence-electron chi connectivity index (χ0n) is 10.7. The molecule has 20 heavy (non-hydrogen) atoms. The van der Waals surface area contributed by atoms with E-state index in [0.717, 1.165) is 0 Å². The number of benzene rings is 1. The highest BCUT2D eigenvalue weighted by atomic mass is 16.6. The molecular formula is C13H13N3O4. The van der Waals surface area contributed by atoms with Gasteiger partial charge >= 0.3 is 5.69 Å². The molecule has 7 heteroatoms. The zero-order valence-corrected chi connectivity index (χ0v) is 10.7. The molecule has 1 heterocycles. The van der Waals surface area contributed by atoms with Crippen molar-refractivity contribution in [3.8, 4) is 11.6 Å². The molecule has 2 rings (SSSR count). The lowest BCUT2D eigenvalue weighted by atomic mass is 10.2. The van der Waals surface area contributed by atoms with Crippen molar-refractivity contribution >= 4 is 11.5 Å². The van der Waals surface area contributed by atoms with E-state index in [4.69, 9.17) is 4.74 Å². The lowest BCUT2D eigenvalue weighted by molar-refractivity contribution is -0.384. The molecular weight excluding hydrogens is 262 g/mol. The molecule has 0 atom stereocenters. The van der Waals surface area contributed by atoms with E-state index in [-0.39, 0.29) is 29.7 Å². The van der Waals surface area contributed by atoms with Crippen molar-refractivity contribution in [2.24, 2.45) is 0 Å². The third-order valence-corrected chi connectivity index (χ3v) is 2.69. The van der Waals surface area contributed by atoms with E-state index in [1.165, 1.54) is 19.2 Å². The topological polar surface area (TPSA) is 97.5 Å². The third-order valence-electron chi connectivity index (χ3n) is 2.69. The molecule has 1 aromatic heterocycles. The fourth-order valence-corrected chi connectivity index (χ4v) is 1.66. The van der Waals surface area contributed by atoms with Crippen LogP contribution in [0.3, 0.4) is 0 Å². The third kappa shape index (κ3) is 2.94. The number of ether oxygens (including phenoxy) is 1. The van der Waals surface area contributed by atoms with Gasteiger partial charge in [-0.15, -0.1) is 0 Å². The van der Waals surface area contributed by atoms with Crippen LogP contribution in [0.1, 0.15) is 5.56 Å². The first-order valence-corrected chi connectivity index (χ1v) is 5.82. The summed E-state index contributed by atoms with van der Waals surface area (Å²) in [7, 11) is 1.43. The summed E-state index contributed by atoms with van der Waals surface area (Å²) in [6.45, 7) is 0.216. The molecule has 0 radical (unpaired) electrons. The first kappa shape index (κ1) is 13.6. The molecule has 0 bridgehead atoms. The van der Waals surface area contributed by atoms with Crippen LogP contribution in [-0.4, -0.2) is 22.1 Å². The Balaban J connectivity index is 2.24. The van der Waals surface area contributed by atoms with Crippen molar-refractivity contribution in [3.63, 3.8) is 0 Å². The monoisotopic (exact) mass is 275 g/mol. The van der Waals surface area contributed by atoms with Gasteiger partial charge in [0.15, 0.2) is 0 Å². The minimum atomic E-state index is -0.528. The van der Waals surface area contributed by atoms with Gasteiger partial charge < -0.3 is 15.2 Å². The highest BCUT2D eigenvalue weighted by Gasteiger charge is 2.16. The number of nitrogens with zero attached hydrogens (tertiary/aromatic N) is 2. The molecule has 0 unspecified atom stereocenters. The van der Waals surface area contributed by atoms with E-state index in [2.05, 4.69) is 10.3 Å². The van der Waals surface area contributed by atoms with E-state index >= 15 is 0 Å². The van der Waals surface area contributed by atoms with E-state index < -0.39 is 4.92 Å². The molecule has 0 aliphatic heterocycles. The zero-order chi connectivity index (χ0) is 14.5. The number of rotatable bonds is 5. The van der Waals surface area contributed by atoms with E-state index in [1.807, 2.05) is 0 Å². The first-order valence-electron chi connectivity index (χ1n) is 5.82. The predicted molar refractivity (Wildman–Crippen MR) is 72.9 cm³/mol. The van der Waals surface area contributed by atoms with Crippen LogP contribution in [0.15, 0.2) is 36.4 Å². The molecule has 0 aliphatic rings. The number of anilines is 1. The Morgan fingerprint density at radius 3 is 2.75 bits per heavy atom. The van der Waals surface area contributed by atoms with Gasteiger partial charge in [-0.05, 0) is 6.07 Å². The Bertz CT molecular complexity index is 631. The molecule has 0 fully saturated rings. The molecule has 0 amide bonds. The van der Waals surface area contributed by atoms with Crippen molar-refractivity contribution in [2.45, 2.75) is 6.54 Å². The van der Waals surface area contributed by atoms with Crippen molar-refractivity contribution in [2.75, 3.05) is 12.4 Å². The molecule has 7 nitrogen and oxygen atoms in total.